The molecule has 0 unspecified atom stereocenters. The molecule has 0 saturated heterocycles. The second-order valence-electron chi connectivity index (χ2n) is 6.71. The predicted octanol–water partition coefficient (Wildman–Crippen LogP) is 3.81. The molecule has 1 aromatic heterocycles. The molecule has 1 amide bonds. The summed E-state index contributed by atoms with van der Waals surface area (Å²) in [4.78, 5) is 12.2. The van der Waals surface area contributed by atoms with Crippen molar-refractivity contribution in [3.05, 3.63) is 48.0 Å². The largest absolute Gasteiger partial charge is 0.497 e. The maximum Gasteiger partial charge on any atom is 0.251 e. The molecule has 3 aromatic rings. The molecule has 1 heterocycles. The van der Waals surface area contributed by atoms with Crippen LogP contribution in [0.4, 0.5) is 5.69 Å². The summed E-state index contributed by atoms with van der Waals surface area (Å²) in [6.07, 6.45) is 2.17. The van der Waals surface area contributed by atoms with Crippen molar-refractivity contribution in [2.24, 2.45) is 0 Å². The number of rotatable bonds is 5. The first-order chi connectivity index (χ1) is 12.6. The Hall–Kier alpha value is -2.95. The summed E-state index contributed by atoms with van der Waals surface area (Å²) in [5, 5.41) is 4.03. The average molecular weight is 349 g/mol. The van der Waals surface area contributed by atoms with Gasteiger partial charge in [0.05, 0.1) is 24.0 Å². The second kappa shape index (κ2) is 6.41. The Bertz CT molecular complexity index is 969. The molecule has 1 fully saturated rings. The Labute approximate surface area is 152 Å². The summed E-state index contributed by atoms with van der Waals surface area (Å²) in [5.74, 6) is 0.802. The van der Waals surface area contributed by atoms with Gasteiger partial charge in [0.15, 0.2) is 0 Å². The van der Waals surface area contributed by atoms with E-state index < -0.39 is 0 Å². The summed E-state index contributed by atoms with van der Waals surface area (Å²) in [6, 6.07) is 14.0. The van der Waals surface area contributed by atoms with E-state index in [9.17, 15) is 4.79 Å². The number of anilines is 1. The minimum Gasteiger partial charge on any atom is -0.497 e. The lowest BCUT2D eigenvalue weighted by atomic mass is 10.1. The van der Waals surface area contributed by atoms with E-state index in [0.29, 0.717) is 11.6 Å². The van der Waals surface area contributed by atoms with Gasteiger partial charge in [-0.3, -0.25) is 4.79 Å². The summed E-state index contributed by atoms with van der Waals surface area (Å²) < 4.78 is 7.54. The van der Waals surface area contributed by atoms with Gasteiger partial charge >= 0.3 is 0 Å². The first-order valence-electron chi connectivity index (χ1n) is 8.99. The van der Waals surface area contributed by atoms with Crippen LogP contribution in [0.25, 0.3) is 22.2 Å². The first-order valence-corrected chi connectivity index (χ1v) is 8.99. The van der Waals surface area contributed by atoms with Crippen molar-refractivity contribution >= 4 is 22.5 Å². The van der Waals surface area contributed by atoms with Gasteiger partial charge in [-0.1, -0.05) is 12.1 Å². The molecule has 134 valence electrons. The number of methoxy groups -OCH3 is 1. The van der Waals surface area contributed by atoms with E-state index in [4.69, 9.17) is 10.5 Å². The Morgan fingerprint density at radius 3 is 2.58 bits per heavy atom. The van der Waals surface area contributed by atoms with Gasteiger partial charge in [0.25, 0.3) is 5.91 Å². The number of amides is 1. The predicted molar refractivity (Wildman–Crippen MR) is 105 cm³/mol. The smallest absolute Gasteiger partial charge is 0.251 e. The molecule has 1 aliphatic rings. The molecule has 0 atom stereocenters. The van der Waals surface area contributed by atoms with Gasteiger partial charge in [0, 0.05) is 35.2 Å². The van der Waals surface area contributed by atoms with E-state index in [0.717, 1.165) is 53.0 Å². The Kier molecular flexibility index (Phi) is 4.07. The zero-order valence-corrected chi connectivity index (χ0v) is 15.1. The molecule has 5 heteroatoms. The molecule has 26 heavy (non-hydrogen) atoms. The van der Waals surface area contributed by atoms with Crippen LogP contribution >= 0.6 is 0 Å². The van der Waals surface area contributed by atoms with Gasteiger partial charge < -0.3 is 20.4 Å². The molecule has 0 aliphatic heterocycles. The third kappa shape index (κ3) is 2.79. The number of ether oxygens (including phenoxy) is 1. The molecule has 0 spiro atoms. The zero-order valence-electron chi connectivity index (χ0n) is 15.1. The van der Waals surface area contributed by atoms with E-state index in [-0.39, 0.29) is 5.91 Å². The number of hydrogen-bond acceptors (Lipinski definition) is 3. The summed E-state index contributed by atoms with van der Waals surface area (Å²) in [7, 11) is 1.66. The van der Waals surface area contributed by atoms with Gasteiger partial charge in [-0.25, -0.2) is 0 Å². The molecule has 2 aromatic carbocycles. The molecule has 4 rings (SSSR count). The highest BCUT2D eigenvalue weighted by molar-refractivity contribution is 6.02. The number of aryl methyl sites for hydroxylation is 1. The number of carbonyl (C=O) groups is 1. The fraction of sp³-hybridized carbons (Fsp3) is 0.286. The van der Waals surface area contributed by atoms with Crippen molar-refractivity contribution in [3.8, 4) is 17.0 Å². The Morgan fingerprint density at radius 1 is 1.23 bits per heavy atom. The van der Waals surface area contributed by atoms with Gasteiger partial charge in [-0.2, -0.15) is 0 Å². The van der Waals surface area contributed by atoms with E-state index in [2.05, 4.69) is 16.8 Å². The molecule has 1 aliphatic carbocycles. The average Bonchev–Trinajstić information content (AvgIpc) is 3.44. The molecule has 3 N–H and O–H groups in total. The monoisotopic (exact) mass is 349 g/mol. The van der Waals surface area contributed by atoms with Gasteiger partial charge in [0.1, 0.15) is 5.75 Å². The van der Waals surface area contributed by atoms with Crippen LogP contribution in [-0.4, -0.2) is 23.6 Å². The van der Waals surface area contributed by atoms with E-state index in [1.54, 1.807) is 7.11 Å². The van der Waals surface area contributed by atoms with Crippen LogP contribution in [0.1, 0.15) is 30.1 Å². The lowest BCUT2D eigenvalue weighted by Crippen LogP contribution is -2.25. The van der Waals surface area contributed by atoms with Crippen molar-refractivity contribution in [3.63, 3.8) is 0 Å². The number of nitrogen functional groups attached to an aromatic ring is 1. The lowest BCUT2D eigenvalue weighted by molar-refractivity contribution is 0.0951. The highest BCUT2D eigenvalue weighted by Crippen LogP contribution is 2.37. The normalized spacial score (nSPS) is 13.8. The van der Waals surface area contributed by atoms with Crippen LogP contribution < -0.4 is 15.8 Å². The Balaban J connectivity index is 1.75. The number of aromatic nitrogens is 1. The number of nitrogens with two attached hydrogens (primary N) is 1. The lowest BCUT2D eigenvalue weighted by Gasteiger charge is -2.10. The summed E-state index contributed by atoms with van der Waals surface area (Å²) >= 11 is 0. The van der Waals surface area contributed by atoms with Crippen molar-refractivity contribution in [2.75, 3.05) is 12.8 Å². The molecule has 5 nitrogen and oxygen atoms in total. The van der Waals surface area contributed by atoms with Crippen molar-refractivity contribution in [1.82, 2.24) is 9.88 Å². The fourth-order valence-corrected chi connectivity index (χ4v) is 3.40. The standard InChI is InChI=1S/C21H23N3O2/c1-3-24-18-12-16(26-2)10-11-17(18)19(22)20(24)13-4-6-14(7-5-13)21(25)23-15-8-9-15/h4-7,10-12,15H,3,8-9,22H2,1-2H3,(H,23,25). The van der Waals surface area contributed by atoms with Crippen molar-refractivity contribution in [2.45, 2.75) is 32.4 Å². The van der Waals surface area contributed by atoms with Crippen LogP contribution in [0, 0.1) is 0 Å². The zero-order chi connectivity index (χ0) is 18.3. The Morgan fingerprint density at radius 2 is 1.96 bits per heavy atom. The molecule has 1 saturated carbocycles. The topological polar surface area (TPSA) is 69.3 Å². The maximum absolute atomic E-state index is 12.2. The second-order valence-corrected chi connectivity index (χ2v) is 6.71. The third-order valence-electron chi connectivity index (χ3n) is 4.96. The number of hydrogen-bond donors (Lipinski definition) is 2. The van der Waals surface area contributed by atoms with E-state index in [1.165, 1.54) is 0 Å². The number of nitrogens with one attached hydrogen (secondary N) is 1. The van der Waals surface area contributed by atoms with Crippen LogP contribution in [0.5, 0.6) is 5.75 Å². The molecular formula is C21H23N3O2. The highest BCUT2D eigenvalue weighted by atomic mass is 16.5. The number of benzene rings is 2. The van der Waals surface area contributed by atoms with E-state index >= 15 is 0 Å². The SMILES string of the molecule is CCn1c(-c2ccc(C(=O)NC3CC3)cc2)c(N)c2ccc(OC)cc21. The molecular weight excluding hydrogens is 326 g/mol. The van der Waals surface area contributed by atoms with Crippen LogP contribution in [0.3, 0.4) is 0 Å². The minimum absolute atomic E-state index is 0.00667. The van der Waals surface area contributed by atoms with Crippen molar-refractivity contribution < 1.29 is 9.53 Å². The number of fused-ring (bicyclic) bond motifs is 1. The number of carbonyl (C=O) groups excluding carboxylic acids is 1. The van der Waals surface area contributed by atoms with Gasteiger partial charge in [0.2, 0.25) is 0 Å². The number of nitrogens with zero attached hydrogens (tertiary/aromatic N) is 1. The van der Waals surface area contributed by atoms with Crippen LogP contribution in [-0.2, 0) is 6.54 Å². The van der Waals surface area contributed by atoms with Gasteiger partial charge in [-0.05, 0) is 44.0 Å². The van der Waals surface area contributed by atoms with Crippen LogP contribution in [0.15, 0.2) is 42.5 Å². The van der Waals surface area contributed by atoms with Crippen molar-refractivity contribution in [1.29, 1.82) is 0 Å². The van der Waals surface area contributed by atoms with E-state index in [1.807, 2.05) is 42.5 Å². The summed E-state index contributed by atoms with van der Waals surface area (Å²) in [6.45, 7) is 2.89. The quantitative estimate of drug-likeness (QED) is 0.736. The third-order valence-corrected chi connectivity index (χ3v) is 4.96. The molecule has 0 radical (unpaired) electrons. The summed E-state index contributed by atoms with van der Waals surface area (Å²) in [5.41, 5.74) is 10.9. The van der Waals surface area contributed by atoms with Crippen LogP contribution in [0.2, 0.25) is 0 Å². The molecule has 0 bridgehead atoms. The fourth-order valence-electron chi connectivity index (χ4n) is 3.40. The maximum atomic E-state index is 12.2. The first kappa shape index (κ1) is 16.5. The van der Waals surface area contributed by atoms with Gasteiger partial charge in [-0.15, -0.1) is 0 Å². The minimum atomic E-state index is -0.00667. The highest BCUT2D eigenvalue weighted by Gasteiger charge is 2.24.